The lowest BCUT2D eigenvalue weighted by Crippen LogP contribution is -2.40. The third-order valence-electron chi connectivity index (χ3n) is 6.44. The first kappa shape index (κ1) is 22.1. The summed E-state index contributed by atoms with van der Waals surface area (Å²) in [6.45, 7) is 8.19. The first-order chi connectivity index (χ1) is 14.2. The quantitative estimate of drug-likeness (QED) is 0.611. The fourth-order valence-corrected chi connectivity index (χ4v) is 4.77. The van der Waals surface area contributed by atoms with Gasteiger partial charge in [-0.25, -0.2) is 0 Å². The lowest BCUT2D eigenvalue weighted by molar-refractivity contribution is -0.130. The van der Waals surface area contributed by atoms with Gasteiger partial charge in [-0.05, 0) is 74.9 Å². The Kier molecular flexibility index (Phi) is 8.81. The molecular formula is C24H39N3O2. The molecule has 1 aromatic carbocycles. The number of amides is 1. The van der Waals surface area contributed by atoms with Gasteiger partial charge in [-0.2, -0.15) is 0 Å². The highest BCUT2D eigenvalue weighted by molar-refractivity contribution is 5.76. The Hall–Kier alpha value is -1.59. The van der Waals surface area contributed by atoms with Crippen molar-refractivity contribution in [2.24, 2.45) is 0 Å². The number of methoxy groups -OCH3 is 1. The zero-order valence-electron chi connectivity index (χ0n) is 18.4. The normalized spacial score (nSPS) is 19.9. The fraction of sp³-hybridized carbons (Fsp3) is 0.708. The second kappa shape index (κ2) is 11.6. The molecule has 1 heterocycles. The molecule has 0 radical (unpaired) electrons. The Morgan fingerprint density at radius 2 is 2.03 bits per heavy atom. The molecule has 1 amide bonds. The standard InChI is InChI=1S/C24H39N3O2/c1-3-14-26(15-5-4-6-16-27-17-13-25-12-11-24(27)28)22-9-7-20-8-10-23(29-2)19-21(20)18-22/h8,10,19,22,25H,3-7,9,11-18H2,1-2H3. The summed E-state index contributed by atoms with van der Waals surface area (Å²) in [6, 6.07) is 7.22. The topological polar surface area (TPSA) is 44.8 Å². The molecule has 1 saturated heterocycles. The summed E-state index contributed by atoms with van der Waals surface area (Å²) < 4.78 is 5.44. The molecule has 29 heavy (non-hydrogen) atoms. The van der Waals surface area contributed by atoms with Crippen LogP contribution < -0.4 is 10.1 Å². The Morgan fingerprint density at radius 3 is 2.86 bits per heavy atom. The van der Waals surface area contributed by atoms with E-state index in [9.17, 15) is 4.79 Å². The number of aryl methyl sites for hydroxylation is 1. The van der Waals surface area contributed by atoms with Crippen LogP contribution in [0.15, 0.2) is 18.2 Å². The molecule has 5 heteroatoms. The van der Waals surface area contributed by atoms with E-state index >= 15 is 0 Å². The van der Waals surface area contributed by atoms with Crippen molar-refractivity contribution in [3.05, 3.63) is 29.3 Å². The number of hydrogen-bond donors (Lipinski definition) is 1. The third kappa shape index (κ3) is 6.45. The Bertz CT molecular complexity index is 649. The number of benzene rings is 1. The minimum absolute atomic E-state index is 0.318. The van der Waals surface area contributed by atoms with Crippen LogP contribution >= 0.6 is 0 Å². The SMILES string of the molecule is CCCN(CCCCCN1CCNCCC1=O)C1CCc2ccc(OC)cc2C1. The molecule has 1 aliphatic carbocycles. The molecule has 2 aliphatic rings. The van der Waals surface area contributed by atoms with Crippen LogP contribution in [0.25, 0.3) is 0 Å². The summed E-state index contributed by atoms with van der Waals surface area (Å²) in [6.07, 6.45) is 8.98. The van der Waals surface area contributed by atoms with E-state index in [2.05, 4.69) is 40.2 Å². The van der Waals surface area contributed by atoms with E-state index in [4.69, 9.17) is 4.74 Å². The van der Waals surface area contributed by atoms with Crippen molar-refractivity contribution in [1.29, 1.82) is 0 Å². The van der Waals surface area contributed by atoms with Crippen LogP contribution in [0.3, 0.4) is 0 Å². The third-order valence-corrected chi connectivity index (χ3v) is 6.44. The lowest BCUT2D eigenvalue weighted by atomic mass is 9.87. The van der Waals surface area contributed by atoms with Gasteiger partial charge >= 0.3 is 0 Å². The number of nitrogens with one attached hydrogen (secondary N) is 1. The van der Waals surface area contributed by atoms with Crippen LogP contribution in [0.2, 0.25) is 0 Å². The summed E-state index contributed by atoms with van der Waals surface area (Å²) >= 11 is 0. The molecule has 0 saturated carbocycles. The van der Waals surface area contributed by atoms with Crippen molar-refractivity contribution in [3.8, 4) is 5.75 Å². The number of nitrogens with zero attached hydrogens (tertiary/aromatic N) is 2. The number of carbonyl (C=O) groups is 1. The van der Waals surface area contributed by atoms with E-state index in [1.54, 1.807) is 7.11 Å². The van der Waals surface area contributed by atoms with Crippen LogP contribution in [-0.4, -0.2) is 68.1 Å². The number of fused-ring (bicyclic) bond motifs is 1. The Labute approximate surface area is 176 Å². The van der Waals surface area contributed by atoms with E-state index in [1.165, 1.54) is 56.3 Å². The van der Waals surface area contributed by atoms with Crippen LogP contribution in [0, 0.1) is 0 Å². The van der Waals surface area contributed by atoms with E-state index in [1.807, 2.05) is 0 Å². The Balaban J connectivity index is 1.44. The van der Waals surface area contributed by atoms with Gasteiger partial charge in [0.25, 0.3) is 0 Å². The lowest BCUT2D eigenvalue weighted by Gasteiger charge is -2.35. The molecule has 0 bridgehead atoms. The van der Waals surface area contributed by atoms with Crippen LogP contribution in [0.4, 0.5) is 0 Å². The van der Waals surface area contributed by atoms with Crippen molar-refractivity contribution >= 4 is 5.91 Å². The Morgan fingerprint density at radius 1 is 1.14 bits per heavy atom. The number of carbonyl (C=O) groups excluding carboxylic acids is 1. The summed E-state index contributed by atoms with van der Waals surface area (Å²) in [5, 5.41) is 3.31. The predicted molar refractivity (Wildman–Crippen MR) is 119 cm³/mol. The van der Waals surface area contributed by atoms with Gasteiger partial charge in [0.15, 0.2) is 0 Å². The predicted octanol–water partition coefficient (Wildman–Crippen LogP) is 3.26. The molecule has 1 aliphatic heterocycles. The molecule has 1 atom stereocenters. The highest BCUT2D eigenvalue weighted by Crippen LogP contribution is 2.28. The summed E-state index contributed by atoms with van der Waals surface area (Å²) in [5.74, 6) is 1.30. The van der Waals surface area contributed by atoms with Crippen molar-refractivity contribution in [3.63, 3.8) is 0 Å². The second-order valence-corrected chi connectivity index (χ2v) is 8.51. The minimum atomic E-state index is 0.318. The molecule has 3 rings (SSSR count). The molecule has 0 spiro atoms. The monoisotopic (exact) mass is 401 g/mol. The van der Waals surface area contributed by atoms with Gasteiger partial charge in [0.2, 0.25) is 5.91 Å². The highest BCUT2D eigenvalue weighted by atomic mass is 16.5. The first-order valence-corrected chi connectivity index (χ1v) is 11.6. The number of hydrogen-bond acceptors (Lipinski definition) is 4. The van der Waals surface area contributed by atoms with Gasteiger partial charge in [-0.3, -0.25) is 4.79 Å². The molecule has 1 aromatic rings. The van der Waals surface area contributed by atoms with E-state index in [0.29, 0.717) is 18.4 Å². The van der Waals surface area contributed by atoms with Crippen LogP contribution in [0.5, 0.6) is 5.75 Å². The van der Waals surface area contributed by atoms with Gasteiger partial charge in [-0.1, -0.05) is 19.4 Å². The number of unbranched alkanes of at least 4 members (excludes halogenated alkanes) is 2. The zero-order chi connectivity index (χ0) is 20.5. The summed E-state index contributed by atoms with van der Waals surface area (Å²) in [4.78, 5) is 16.9. The molecule has 1 unspecified atom stereocenters. The molecule has 1 N–H and O–H groups in total. The fourth-order valence-electron chi connectivity index (χ4n) is 4.77. The van der Waals surface area contributed by atoms with Crippen LogP contribution in [-0.2, 0) is 17.6 Å². The second-order valence-electron chi connectivity index (χ2n) is 8.51. The molecule has 1 fully saturated rings. The largest absolute Gasteiger partial charge is 0.497 e. The molecular weight excluding hydrogens is 362 g/mol. The number of ether oxygens (including phenoxy) is 1. The molecule has 0 aromatic heterocycles. The smallest absolute Gasteiger partial charge is 0.223 e. The van der Waals surface area contributed by atoms with Gasteiger partial charge in [-0.15, -0.1) is 0 Å². The maximum absolute atomic E-state index is 12.1. The minimum Gasteiger partial charge on any atom is -0.497 e. The van der Waals surface area contributed by atoms with Gasteiger partial charge in [0.1, 0.15) is 5.75 Å². The maximum Gasteiger partial charge on any atom is 0.223 e. The number of rotatable bonds is 10. The highest BCUT2D eigenvalue weighted by Gasteiger charge is 2.24. The first-order valence-electron chi connectivity index (χ1n) is 11.6. The average molecular weight is 402 g/mol. The maximum atomic E-state index is 12.1. The zero-order valence-corrected chi connectivity index (χ0v) is 18.4. The van der Waals surface area contributed by atoms with E-state index < -0.39 is 0 Å². The van der Waals surface area contributed by atoms with E-state index in [0.717, 1.165) is 44.8 Å². The van der Waals surface area contributed by atoms with E-state index in [-0.39, 0.29) is 0 Å². The molecule has 5 nitrogen and oxygen atoms in total. The average Bonchev–Trinajstić information content (AvgIpc) is 2.96. The van der Waals surface area contributed by atoms with Gasteiger partial charge in [0, 0.05) is 38.6 Å². The van der Waals surface area contributed by atoms with Gasteiger partial charge in [0.05, 0.1) is 7.11 Å². The van der Waals surface area contributed by atoms with Crippen molar-refractivity contribution < 1.29 is 9.53 Å². The molecule has 162 valence electrons. The summed E-state index contributed by atoms with van der Waals surface area (Å²) in [7, 11) is 1.75. The summed E-state index contributed by atoms with van der Waals surface area (Å²) in [5.41, 5.74) is 2.96. The van der Waals surface area contributed by atoms with Gasteiger partial charge < -0.3 is 19.9 Å². The van der Waals surface area contributed by atoms with Crippen molar-refractivity contribution in [1.82, 2.24) is 15.1 Å². The van der Waals surface area contributed by atoms with Crippen molar-refractivity contribution in [2.45, 2.75) is 64.3 Å². The van der Waals surface area contributed by atoms with Crippen LogP contribution in [0.1, 0.15) is 56.6 Å². The van der Waals surface area contributed by atoms with Crippen molar-refractivity contribution in [2.75, 3.05) is 46.4 Å².